The molecule has 2 N–H and O–H groups in total. The molecule has 0 aliphatic carbocycles. The first-order chi connectivity index (χ1) is 12.2. The number of nitrogens with zero attached hydrogens (tertiary/aromatic N) is 2. The number of aliphatic hydroxyl groups excluding tert-OH is 1. The molecule has 0 saturated heterocycles. The molecule has 0 radical (unpaired) electrons. The van der Waals surface area contributed by atoms with Gasteiger partial charge in [-0.1, -0.05) is 30.3 Å². The van der Waals surface area contributed by atoms with E-state index in [1.165, 1.54) is 0 Å². The topological polar surface area (TPSA) is 82.4 Å². The van der Waals surface area contributed by atoms with Gasteiger partial charge >= 0.3 is 0 Å². The highest BCUT2D eigenvalue weighted by molar-refractivity contribution is 5.54. The molecule has 0 bridgehead atoms. The van der Waals surface area contributed by atoms with Gasteiger partial charge in [0.15, 0.2) is 0 Å². The molecule has 0 unspecified atom stereocenters. The molecular weight excluding hydrogens is 318 g/mol. The fourth-order valence-corrected chi connectivity index (χ4v) is 3.16. The van der Waals surface area contributed by atoms with Crippen molar-refractivity contribution in [1.29, 1.82) is 0 Å². The van der Waals surface area contributed by atoms with Crippen LogP contribution in [-0.2, 0) is 26.1 Å². The van der Waals surface area contributed by atoms with E-state index in [0.29, 0.717) is 24.7 Å². The van der Waals surface area contributed by atoms with Gasteiger partial charge in [-0.3, -0.25) is 9.69 Å². The Balaban J connectivity index is 1.56. The number of H-pyrrole nitrogens is 1. The molecular formula is C19H19N3O3. The van der Waals surface area contributed by atoms with E-state index in [0.717, 1.165) is 35.5 Å². The molecule has 2 aromatic heterocycles. The largest absolute Gasteiger partial charge is 0.462 e. The lowest BCUT2D eigenvalue weighted by atomic mass is 10.1. The van der Waals surface area contributed by atoms with Gasteiger partial charge in [-0.2, -0.15) is 0 Å². The van der Waals surface area contributed by atoms with Crippen LogP contribution in [0.3, 0.4) is 0 Å². The average Bonchev–Trinajstić information content (AvgIpc) is 3.10. The molecule has 0 amide bonds. The van der Waals surface area contributed by atoms with Gasteiger partial charge in [0.25, 0.3) is 5.56 Å². The molecule has 0 spiro atoms. The molecule has 1 aliphatic heterocycles. The summed E-state index contributed by atoms with van der Waals surface area (Å²) in [6.07, 6.45) is 0.729. The van der Waals surface area contributed by atoms with E-state index in [2.05, 4.69) is 14.9 Å². The third-order valence-corrected chi connectivity index (χ3v) is 4.45. The van der Waals surface area contributed by atoms with Crippen molar-refractivity contribution in [1.82, 2.24) is 14.9 Å². The Morgan fingerprint density at radius 3 is 2.72 bits per heavy atom. The number of aromatic nitrogens is 2. The second kappa shape index (κ2) is 6.66. The molecule has 25 heavy (non-hydrogen) atoms. The number of hydrogen-bond donors (Lipinski definition) is 2. The molecule has 0 fully saturated rings. The van der Waals surface area contributed by atoms with Crippen LogP contribution in [0.2, 0.25) is 0 Å². The highest BCUT2D eigenvalue weighted by Crippen LogP contribution is 2.20. The summed E-state index contributed by atoms with van der Waals surface area (Å²) in [5.41, 5.74) is 2.43. The Labute approximate surface area is 144 Å². The van der Waals surface area contributed by atoms with Gasteiger partial charge in [-0.15, -0.1) is 0 Å². The molecule has 1 aliphatic rings. The number of fused-ring (bicyclic) bond motifs is 1. The molecule has 3 aromatic rings. The number of rotatable bonds is 4. The first-order valence-electron chi connectivity index (χ1n) is 8.31. The fraction of sp³-hybridized carbons (Fsp3) is 0.263. The maximum atomic E-state index is 12.5. The minimum atomic E-state index is -0.102. The molecule has 4 rings (SSSR count). The number of furan rings is 1. The standard InChI is InChI=1S/C19H19N3O3/c23-12-15-7-6-14(25-15)10-22-9-8-17-16(11-22)19(24)21-18(20-17)13-4-2-1-3-5-13/h1-7,23H,8-12H2,(H,20,21,24). The lowest BCUT2D eigenvalue weighted by molar-refractivity contribution is 0.206. The van der Waals surface area contributed by atoms with Crippen molar-refractivity contribution in [3.05, 3.63) is 75.6 Å². The minimum Gasteiger partial charge on any atom is -0.462 e. The summed E-state index contributed by atoms with van der Waals surface area (Å²) in [6.45, 7) is 1.86. The first-order valence-corrected chi connectivity index (χ1v) is 8.31. The van der Waals surface area contributed by atoms with Crippen LogP contribution in [0.4, 0.5) is 0 Å². The van der Waals surface area contributed by atoms with E-state index >= 15 is 0 Å². The summed E-state index contributed by atoms with van der Waals surface area (Å²) in [5.74, 6) is 1.97. The molecule has 6 nitrogen and oxygen atoms in total. The van der Waals surface area contributed by atoms with Gasteiger partial charge in [0, 0.05) is 25.1 Å². The third kappa shape index (κ3) is 3.26. The van der Waals surface area contributed by atoms with E-state index in [1.807, 2.05) is 36.4 Å². The van der Waals surface area contributed by atoms with Crippen LogP contribution in [0.15, 0.2) is 51.7 Å². The Bertz CT molecular complexity index is 931. The highest BCUT2D eigenvalue weighted by Gasteiger charge is 2.22. The van der Waals surface area contributed by atoms with Crippen LogP contribution in [0.25, 0.3) is 11.4 Å². The zero-order valence-electron chi connectivity index (χ0n) is 13.7. The monoisotopic (exact) mass is 337 g/mol. The number of benzene rings is 1. The summed E-state index contributed by atoms with van der Waals surface area (Å²) in [7, 11) is 0. The van der Waals surface area contributed by atoms with Crippen molar-refractivity contribution in [2.75, 3.05) is 6.54 Å². The van der Waals surface area contributed by atoms with Gasteiger partial charge in [0.1, 0.15) is 24.0 Å². The Kier molecular flexibility index (Phi) is 4.21. The van der Waals surface area contributed by atoms with E-state index in [4.69, 9.17) is 9.52 Å². The number of hydrogen-bond acceptors (Lipinski definition) is 5. The Morgan fingerprint density at radius 1 is 1.16 bits per heavy atom. The lowest BCUT2D eigenvalue weighted by Crippen LogP contribution is -2.35. The van der Waals surface area contributed by atoms with Crippen molar-refractivity contribution >= 4 is 0 Å². The molecule has 6 heteroatoms. The lowest BCUT2D eigenvalue weighted by Gasteiger charge is -2.26. The predicted molar refractivity (Wildman–Crippen MR) is 92.7 cm³/mol. The maximum absolute atomic E-state index is 12.5. The fourth-order valence-electron chi connectivity index (χ4n) is 3.16. The second-order valence-electron chi connectivity index (χ2n) is 6.19. The predicted octanol–water partition coefficient (Wildman–Crippen LogP) is 2.08. The number of nitrogens with one attached hydrogen (secondary N) is 1. The van der Waals surface area contributed by atoms with Crippen LogP contribution >= 0.6 is 0 Å². The summed E-state index contributed by atoms with van der Waals surface area (Å²) < 4.78 is 5.54. The summed E-state index contributed by atoms with van der Waals surface area (Å²) in [5, 5.41) is 9.08. The normalized spacial score (nSPS) is 14.4. The average molecular weight is 337 g/mol. The Hall–Kier alpha value is -2.70. The SMILES string of the molecule is O=c1[nH]c(-c2ccccc2)nc2c1CN(Cc1ccc(CO)o1)CC2. The van der Waals surface area contributed by atoms with E-state index in [-0.39, 0.29) is 12.2 Å². The molecule has 0 atom stereocenters. The van der Waals surface area contributed by atoms with E-state index < -0.39 is 0 Å². The van der Waals surface area contributed by atoms with Crippen LogP contribution in [0.1, 0.15) is 22.8 Å². The van der Waals surface area contributed by atoms with Crippen molar-refractivity contribution in [3.63, 3.8) is 0 Å². The maximum Gasteiger partial charge on any atom is 0.255 e. The van der Waals surface area contributed by atoms with Crippen molar-refractivity contribution in [2.24, 2.45) is 0 Å². The third-order valence-electron chi connectivity index (χ3n) is 4.45. The summed E-state index contributed by atoms with van der Waals surface area (Å²) >= 11 is 0. The van der Waals surface area contributed by atoms with Crippen LogP contribution in [0, 0.1) is 0 Å². The van der Waals surface area contributed by atoms with Gasteiger partial charge in [-0.05, 0) is 12.1 Å². The summed E-state index contributed by atoms with van der Waals surface area (Å²) in [4.78, 5) is 22.2. The minimum absolute atomic E-state index is 0.0796. The number of aromatic amines is 1. The molecule has 128 valence electrons. The highest BCUT2D eigenvalue weighted by atomic mass is 16.4. The molecule has 0 saturated carbocycles. The van der Waals surface area contributed by atoms with E-state index in [9.17, 15) is 4.79 Å². The zero-order chi connectivity index (χ0) is 17.2. The van der Waals surface area contributed by atoms with E-state index in [1.54, 1.807) is 6.07 Å². The second-order valence-corrected chi connectivity index (χ2v) is 6.19. The molecule has 1 aromatic carbocycles. The van der Waals surface area contributed by atoms with Gasteiger partial charge in [0.05, 0.1) is 17.8 Å². The van der Waals surface area contributed by atoms with Crippen molar-refractivity contribution in [3.8, 4) is 11.4 Å². The van der Waals surface area contributed by atoms with Crippen molar-refractivity contribution < 1.29 is 9.52 Å². The molecule has 3 heterocycles. The Morgan fingerprint density at radius 2 is 1.96 bits per heavy atom. The van der Waals surface area contributed by atoms with Gasteiger partial charge in [0.2, 0.25) is 0 Å². The van der Waals surface area contributed by atoms with Crippen molar-refractivity contribution in [2.45, 2.75) is 26.1 Å². The van der Waals surface area contributed by atoms with Crippen LogP contribution in [-0.4, -0.2) is 26.5 Å². The number of aliphatic hydroxyl groups is 1. The van der Waals surface area contributed by atoms with Gasteiger partial charge in [-0.25, -0.2) is 4.98 Å². The van der Waals surface area contributed by atoms with Crippen LogP contribution in [0.5, 0.6) is 0 Å². The first kappa shape index (κ1) is 15.8. The summed E-state index contributed by atoms with van der Waals surface area (Å²) in [6, 6.07) is 13.3. The smallest absolute Gasteiger partial charge is 0.255 e. The van der Waals surface area contributed by atoms with Crippen LogP contribution < -0.4 is 5.56 Å². The zero-order valence-corrected chi connectivity index (χ0v) is 13.7. The quantitative estimate of drug-likeness (QED) is 0.762. The van der Waals surface area contributed by atoms with Gasteiger partial charge < -0.3 is 14.5 Å².